The number of anilines is 1. The molecule has 6 nitrogen and oxygen atoms in total. The standard InChI is InChI=1S/C7H6N2O4S/c8-7-9-5-2-1-4(14(10,11)12)3-6(5)13-7/h1-3H,(H2,8,9)(H,10,11,12). The van der Waals surface area contributed by atoms with Gasteiger partial charge in [-0.3, -0.25) is 4.55 Å². The Morgan fingerprint density at radius 2 is 2.14 bits per heavy atom. The van der Waals surface area contributed by atoms with Crippen LogP contribution in [0.2, 0.25) is 0 Å². The number of nitrogens with two attached hydrogens (primary N) is 1. The van der Waals surface area contributed by atoms with E-state index in [2.05, 4.69) is 4.98 Å². The maximum Gasteiger partial charge on any atom is 0.294 e. The fraction of sp³-hybridized carbons (Fsp3) is 0. The average molecular weight is 214 g/mol. The first-order valence-corrected chi connectivity index (χ1v) is 5.04. The molecule has 0 atom stereocenters. The first-order valence-electron chi connectivity index (χ1n) is 3.60. The van der Waals surface area contributed by atoms with Gasteiger partial charge in [-0.05, 0) is 12.1 Å². The number of fused-ring (bicyclic) bond motifs is 1. The Bertz CT molecular complexity index is 587. The van der Waals surface area contributed by atoms with Gasteiger partial charge in [-0.25, -0.2) is 0 Å². The molecule has 0 saturated heterocycles. The fourth-order valence-corrected chi connectivity index (χ4v) is 1.58. The Morgan fingerprint density at radius 1 is 1.43 bits per heavy atom. The normalized spacial score (nSPS) is 12.1. The molecule has 2 rings (SSSR count). The Morgan fingerprint density at radius 3 is 2.79 bits per heavy atom. The molecular weight excluding hydrogens is 208 g/mol. The first-order chi connectivity index (χ1) is 6.47. The lowest BCUT2D eigenvalue weighted by atomic mass is 10.3. The lowest BCUT2D eigenvalue weighted by molar-refractivity contribution is 0.483. The van der Waals surface area contributed by atoms with Crippen molar-refractivity contribution >= 4 is 27.2 Å². The molecule has 0 aliphatic rings. The van der Waals surface area contributed by atoms with Crippen LogP contribution in [0.3, 0.4) is 0 Å². The Labute approximate surface area is 79.1 Å². The molecule has 14 heavy (non-hydrogen) atoms. The molecule has 1 aromatic carbocycles. The van der Waals surface area contributed by atoms with E-state index < -0.39 is 10.1 Å². The van der Waals surface area contributed by atoms with Crippen LogP contribution in [-0.4, -0.2) is 18.0 Å². The van der Waals surface area contributed by atoms with Crippen molar-refractivity contribution < 1.29 is 17.4 Å². The maximum atomic E-state index is 10.7. The van der Waals surface area contributed by atoms with Crippen LogP contribution in [0.15, 0.2) is 27.5 Å². The molecule has 0 radical (unpaired) electrons. The third kappa shape index (κ3) is 1.42. The fourth-order valence-electron chi connectivity index (χ4n) is 1.08. The second kappa shape index (κ2) is 2.69. The Balaban J connectivity index is 2.74. The maximum absolute atomic E-state index is 10.7. The highest BCUT2D eigenvalue weighted by molar-refractivity contribution is 7.85. The molecule has 0 spiro atoms. The van der Waals surface area contributed by atoms with E-state index in [1.807, 2.05) is 0 Å². The van der Waals surface area contributed by atoms with Crippen LogP contribution in [0, 0.1) is 0 Å². The summed E-state index contributed by atoms with van der Waals surface area (Å²) in [6.07, 6.45) is 0. The minimum Gasteiger partial charge on any atom is -0.424 e. The number of oxazole rings is 1. The third-order valence-electron chi connectivity index (χ3n) is 1.67. The molecule has 0 unspecified atom stereocenters. The van der Waals surface area contributed by atoms with E-state index in [1.54, 1.807) is 0 Å². The van der Waals surface area contributed by atoms with E-state index in [1.165, 1.54) is 12.1 Å². The van der Waals surface area contributed by atoms with Gasteiger partial charge in [0, 0.05) is 6.07 Å². The summed E-state index contributed by atoms with van der Waals surface area (Å²) in [7, 11) is -4.21. The van der Waals surface area contributed by atoms with Crippen molar-refractivity contribution in [3.05, 3.63) is 18.2 Å². The highest BCUT2D eigenvalue weighted by atomic mass is 32.2. The smallest absolute Gasteiger partial charge is 0.294 e. The molecule has 1 heterocycles. The van der Waals surface area contributed by atoms with Crippen LogP contribution in [-0.2, 0) is 10.1 Å². The van der Waals surface area contributed by atoms with Gasteiger partial charge in [0.05, 0.1) is 4.90 Å². The predicted molar refractivity (Wildman–Crippen MR) is 48.2 cm³/mol. The van der Waals surface area contributed by atoms with Gasteiger partial charge in [-0.1, -0.05) is 0 Å². The van der Waals surface area contributed by atoms with E-state index in [4.69, 9.17) is 14.7 Å². The number of hydrogen-bond donors (Lipinski definition) is 2. The van der Waals surface area contributed by atoms with E-state index in [9.17, 15) is 8.42 Å². The van der Waals surface area contributed by atoms with Crippen LogP contribution >= 0.6 is 0 Å². The van der Waals surface area contributed by atoms with Crippen molar-refractivity contribution in [2.75, 3.05) is 5.73 Å². The molecule has 74 valence electrons. The number of benzene rings is 1. The summed E-state index contributed by atoms with van der Waals surface area (Å²) in [6.45, 7) is 0. The van der Waals surface area contributed by atoms with Gasteiger partial charge in [0.1, 0.15) is 5.52 Å². The molecule has 0 amide bonds. The third-order valence-corrected chi connectivity index (χ3v) is 2.52. The van der Waals surface area contributed by atoms with E-state index >= 15 is 0 Å². The summed E-state index contributed by atoms with van der Waals surface area (Å²) in [5.41, 5.74) is 5.92. The van der Waals surface area contributed by atoms with Gasteiger partial charge < -0.3 is 10.2 Å². The number of aromatic nitrogens is 1. The molecular formula is C7H6N2O4S. The second-order valence-electron chi connectivity index (χ2n) is 2.66. The summed E-state index contributed by atoms with van der Waals surface area (Å²) in [6, 6.07) is 3.74. The topological polar surface area (TPSA) is 106 Å². The molecule has 2 aromatic rings. The zero-order chi connectivity index (χ0) is 10.3. The van der Waals surface area contributed by atoms with Gasteiger partial charge in [-0.15, -0.1) is 0 Å². The van der Waals surface area contributed by atoms with Gasteiger partial charge in [0.25, 0.3) is 16.1 Å². The molecule has 0 aliphatic heterocycles. The van der Waals surface area contributed by atoms with Crippen molar-refractivity contribution in [2.24, 2.45) is 0 Å². The van der Waals surface area contributed by atoms with Crippen LogP contribution in [0.5, 0.6) is 0 Å². The number of nitrogen functional groups attached to an aromatic ring is 1. The van der Waals surface area contributed by atoms with Crippen LogP contribution in [0.4, 0.5) is 6.01 Å². The lowest BCUT2D eigenvalue weighted by Gasteiger charge is -1.94. The zero-order valence-electron chi connectivity index (χ0n) is 6.84. The highest BCUT2D eigenvalue weighted by Gasteiger charge is 2.12. The SMILES string of the molecule is Nc1nc2ccc(S(=O)(=O)O)cc2o1. The van der Waals surface area contributed by atoms with Gasteiger partial charge >= 0.3 is 0 Å². The van der Waals surface area contributed by atoms with E-state index in [0.29, 0.717) is 5.52 Å². The number of rotatable bonds is 1. The van der Waals surface area contributed by atoms with Crippen LogP contribution in [0.25, 0.3) is 11.1 Å². The minimum atomic E-state index is -4.21. The minimum absolute atomic E-state index is 0.0486. The van der Waals surface area contributed by atoms with Crippen LogP contribution < -0.4 is 5.73 Å². The second-order valence-corrected chi connectivity index (χ2v) is 4.08. The molecule has 0 fully saturated rings. The van der Waals surface area contributed by atoms with E-state index in [-0.39, 0.29) is 16.5 Å². The summed E-state index contributed by atoms with van der Waals surface area (Å²) in [4.78, 5) is 3.52. The zero-order valence-corrected chi connectivity index (χ0v) is 7.65. The lowest BCUT2D eigenvalue weighted by Crippen LogP contribution is -1.96. The van der Waals surface area contributed by atoms with Gasteiger partial charge in [0.15, 0.2) is 5.58 Å². The van der Waals surface area contributed by atoms with Crippen molar-refractivity contribution in [2.45, 2.75) is 4.90 Å². The van der Waals surface area contributed by atoms with E-state index in [0.717, 1.165) is 6.07 Å². The average Bonchev–Trinajstić information content (AvgIpc) is 2.41. The summed E-state index contributed by atoms with van der Waals surface area (Å²) in [5.74, 6) is 0. The van der Waals surface area contributed by atoms with Crippen molar-refractivity contribution in [1.82, 2.24) is 4.98 Å². The van der Waals surface area contributed by atoms with Gasteiger partial charge in [0.2, 0.25) is 0 Å². The molecule has 0 saturated carbocycles. The molecule has 0 aliphatic carbocycles. The summed E-state index contributed by atoms with van der Waals surface area (Å²) in [5, 5.41) is 0. The first kappa shape index (κ1) is 8.97. The Kier molecular flexibility index (Phi) is 1.73. The quantitative estimate of drug-likeness (QED) is 0.675. The largest absolute Gasteiger partial charge is 0.424 e. The van der Waals surface area contributed by atoms with Crippen molar-refractivity contribution in [3.8, 4) is 0 Å². The highest BCUT2D eigenvalue weighted by Crippen LogP contribution is 2.20. The Hall–Kier alpha value is -1.60. The number of hydrogen-bond acceptors (Lipinski definition) is 5. The predicted octanol–water partition coefficient (Wildman–Crippen LogP) is 0.657. The van der Waals surface area contributed by atoms with Crippen LogP contribution in [0.1, 0.15) is 0 Å². The molecule has 7 heteroatoms. The molecule has 3 N–H and O–H groups in total. The monoisotopic (exact) mass is 214 g/mol. The number of nitrogens with zero attached hydrogens (tertiary/aromatic N) is 1. The van der Waals surface area contributed by atoms with Crippen molar-refractivity contribution in [1.29, 1.82) is 0 Å². The van der Waals surface area contributed by atoms with Crippen molar-refractivity contribution in [3.63, 3.8) is 0 Å². The molecule has 1 aromatic heterocycles. The molecule has 0 bridgehead atoms. The summed E-state index contributed by atoms with van der Waals surface area (Å²) < 4.78 is 35.1. The summed E-state index contributed by atoms with van der Waals surface area (Å²) >= 11 is 0. The van der Waals surface area contributed by atoms with Gasteiger partial charge in [-0.2, -0.15) is 13.4 Å².